The van der Waals surface area contributed by atoms with Crippen molar-refractivity contribution in [3.05, 3.63) is 93.9 Å². The van der Waals surface area contributed by atoms with Crippen LogP contribution < -0.4 is 16.0 Å². The molecule has 1 aromatic heterocycles. The summed E-state index contributed by atoms with van der Waals surface area (Å²) in [4.78, 5) is 37.9. The monoisotopic (exact) mass is 638 g/mol. The van der Waals surface area contributed by atoms with Crippen molar-refractivity contribution in [3.63, 3.8) is 0 Å². The molecule has 0 unspecified atom stereocenters. The van der Waals surface area contributed by atoms with E-state index in [4.69, 9.17) is 11.6 Å². The third-order valence-electron chi connectivity index (χ3n) is 6.52. The minimum Gasteiger partial charge on any atom is -0.352 e. The summed E-state index contributed by atoms with van der Waals surface area (Å²) in [5.41, 5.74) is -1.02. The van der Waals surface area contributed by atoms with E-state index >= 15 is 0 Å². The van der Waals surface area contributed by atoms with Gasteiger partial charge in [-0.25, -0.2) is 13.2 Å². The molecular weight excluding hydrogens is 614 g/mol. The SMILES string of the molecule is CC(C)C(=O)NCc1ccc(Cl)c(C(=O)Nc2ccc3c(c2)cc(C(=O)Nc2ccc(C(F)(F)F)cc2F)n3CC(F)F)c1. The van der Waals surface area contributed by atoms with E-state index in [9.17, 15) is 40.7 Å². The predicted octanol–water partition coefficient (Wildman–Crippen LogP) is 7.49. The van der Waals surface area contributed by atoms with Gasteiger partial charge < -0.3 is 20.5 Å². The first-order chi connectivity index (χ1) is 20.6. The number of aromatic nitrogens is 1. The number of hydrogen-bond donors (Lipinski definition) is 3. The van der Waals surface area contributed by atoms with E-state index in [2.05, 4.69) is 16.0 Å². The molecule has 0 saturated carbocycles. The standard InChI is InChI=1S/C30H25ClF6N4O3/c1-15(2)27(42)38-13-16-3-6-21(31)20(9-16)28(43)39-19-5-8-24-17(10-19)11-25(41(24)14-26(33)34)29(44)40-23-7-4-18(12-22(23)32)30(35,36)37/h3-12,15,26H,13-14H2,1-2H3,(H,38,42)(H,39,43)(H,40,44). The van der Waals surface area contributed by atoms with Gasteiger partial charge in [-0.15, -0.1) is 0 Å². The fourth-order valence-corrected chi connectivity index (χ4v) is 4.50. The van der Waals surface area contributed by atoms with Gasteiger partial charge in [0.1, 0.15) is 11.5 Å². The highest BCUT2D eigenvalue weighted by molar-refractivity contribution is 6.34. The van der Waals surface area contributed by atoms with Crippen molar-refractivity contribution in [2.75, 3.05) is 10.6 Å². The Morgan fingerprint density at radius 3 is 2.27 bits per heavy atom. The zero-order valence-electron chi connectivity index (χ0n) is 23.2. The average Bonchev–Trinajstić information content (AvgIpc) is 3.29. The second kappa shape index (κ2) is 13.0. The quantitative estimate of drug-likeness (QED) is 0.166. The Hall–Kier alpha value is -4.52. The van der Waals surface area contributed by atoms with Crippen LogP contribution in [0.5, 0.6) is 0 Å². The van der Waals surface area contributed by atoms with E-state index in [1.54, 1.807) is 19.9 Å². The van der Waals surface area contributed by atoms with Gasteiger partial charge in [-0.1, -0.05) is 31.5 Å². The number of alkyl halides is 5. The first-order valence-corrected chi connectivity index (χ1v) is 13.5. The van der Waals surface area contributed by atoms with Gasteiger partial charge in [0, 0.05) is 29.1 Å². The molecule has 0 radical (unpaired) electrons. The van der Waals surface area contributed by atoms with E-state index < -0.39 is 48.0 Å². The van der Waals surface area contributed by atoms with Crippen molar-refractivity contribution < 1.29 is 40.7 Å². The number of nitrogens with zero attached hydrogens (tertiary/aromatic N) is 1. The van der Waals surface area contributed by atoms with Gasteiger partial charge in [0.15, 0.2) is 0 Å². The Morgan fingerprint density at radius 1 is 0.909 bits per heavy atom. The fraction of sp³-hybridized carbons (Fsp3) is 0.233. The van der Waals surface area contributed by atoms with E-state index in [0.29, 0.717) is 11.6 Å². The topological polar surface area (TPSA) is 92.2 Å². The third kappa shape index (κ3) is 7.51. The van der Waals surface area contributed by atoms with Gasteiger partial charge in [0.25, 0.3) is 18.2 Å². The van der Waals surface area contributed by atoms with Gasteiger partial charge in [0.2, 0.25) is 5.91 Å². The maximum atomic E-state index is 14.3. The van der Waals surface area contributed by atoms with Crippen molar-refractivity contribution in [1.29, 1.82) is 0 Å². The molecule has 0 fully saturated rings. The van der Waals surface area contributed by atoms with Gasteiger partial charge in [-0.3, -0.25) is 14.4 Å². The first kappa shape index (κ1) is 32.4. The molecule has 0 bridgehead atoms. The third-order valence-corrected chi connectivity index (χ3v) is 6.85. The maximum Gasteiger partial charge on any atom is 0.416 e. The minimum absolute atomic E-state index is 0.108. The molecule has 4 rings (SSSR count). The summed E-state index contributed by atoms with van der Waals surface area (Å²) in [6, 6.07) is 11.6. The molecule has 232 valence electrons. The molecule has 0 spiro atoms. The number of amides is 3. The van der Waals surface area contributed by atoms with Crippen LogP contribution in [0.2, 0.25) is 5.02 Å². The average molecular weight is 639 g/mol. The maximum absolute atomic E-state index is 14.3. The van der Waals surface area contributed by atoms with Crippen molar-refractivity contribution in [2.45, 2.75) is 39.5 Å². The molecular formula is C30H25ClF6N4O3. The molecule has 1 heterocycles. The zero-order chi connectivity index (χ0) is 32.3. The van der Waals surface area contributed by atoms with Crippen LogP contribution in [0.25, 0.3) is 10.9 Å². The molecule has 0 aliphatic rings. The van der Waals surface area contributed by atoms with E-state index in [0.717, 1.165) is 10.6 Å². The summed E-state index contributed by atoms with van der Waals surface area (Å²) in [7, 11) is 0. The summed E-state index contributed by atoms with van der Waals surface area (Å²) in [5, 5.41) is 7.92. The lowest BCUT2D eigenvalue weighted by molar-refractivity contribution is -0.137. The van der Waals surface area contributed by atoms with Gasteiger partial charge >= 0.3 is 6.18 Å². The molecule has 3 aromatic carbocycles. The lowest BCUT2D eigenvalue weighted by Crippen LogP contribution is -2.27. The molecule has 7 nitrogen and oxygen atoms in total. The number of carbonyl (C=O) groups excluding carboxylic acids is 3. The largest absolute Gasteiger partial charge is 0.416 e. The normalized spacial score (nSPS) is 11.7. The van der Waals surface area contributed by atoms with Crippen LogP contribution in [0, 0.1) is 11.7 Å². The Balaban J connectivity index is 1.59. The number of anilines is 2. The van der Waals surface area contributed by atoms with Gasteiger partial charge in [-0.2, -0.15) is 13.2 Å². The number of benzene rings is 3. The van der Waals surface area contributed by atoms with E-state index in [1.807, 2.05) is 0 Å². The van der Waals surface area contributed by atoms with Crippen LogP contribution >= 0.6 is 11.6 Å². The van der Waals surface area contributed by atoms with E-state index in [1.165, 1.54) is 36.4 Å². The molecule has 14 heteroatoms. The Kier molecular flexibility index (Phi) is 9.57. The van der Waals surface area contributed by atoms with Gasteiger partial charge in [-0.05, 0) is 60.2 Å². The number of nitrogens with one attached hydrogen (secondary N) is 3. The molecule has 0 saturated heterocycles. The Bertz CT molecular complexity index is 1740. The number of halogens is 7. The zero-order valence-corrected chi connectivity index (χ0v) is 23.9. The van der Waals surface area contributed by atoms with E-state index in [-0.39, 0.29) is 57.3 Å². The highest BCUT2D eigenvalue weighted by Crippen LogP contribution is 2.32. The summed E-state index contributed by atoms with van der Waals surface area (Å²) in [5.74, 6) is -3.41. The Morgan fingerprint density at radius 2 is 1.64 bits per heavy atom. The van der Waals surface area contributed by atoms with Crippen LogP contribution in [0.1, 0.15) is 45.8 Å². The molecule has 0 atom stereocenters. The Labute approximate surface area is 252 Å². The highest BCUT2D eigenvalue weighted by Gasteiger charge is 2.31. The molecule has 3 N–H and O–H groups in total. The van der Waals surface area contributed by atoms with Crippen LogP contribution in [-0.4, -0.2) is 28.7 Å². The number of rotatable bonds is 9. The summed E-state index contributed by atoms with van der Waals surface area (Å²) < 4.78 is 80.8. The number of hydrogen-bond acceptors (Lipinski definition) is 3. The summed E-state index contributed by atoms with van der Waals surface area (Å²) in [6.45, 7) is 2.73. The lowest BCUT2D eigenvalue weighted by Gasteiger charge is -2.13. The number of carbonyl (C=O) groups is 3. The first-order valence-electron chi connectivity index (χ1n) is 13.1. The molecule has 44 heavy (non-hydrogen) atoms. The lowest BCUT2D eigenvalue weighted by atomic mass is 10.1. The number of fused-ring (bicyclic) bond motifs is 1. The van der Waals surface area contributed by atoms with Crippen molar-refractivity contribution in [3.8, 4) is 0 Å². The smallest absolute Gasteiger partial charge is 0.352 e. The highest BCUT2D eigenvalue weighted by atomic mass is 35.5. The summed E-state index contributed by atoms with van der Waals surface area (Å²) >= 11 is 6.23. The second-order valence-corrected chi connectivity index (χ2v) is 10.5. The minimum atomic E-state index is -4.81. The van der Waals surface area contributed by atoms with Crippen LogP contribution in [-0.2, 0) is 24.1 Å². The van der Waals surface area contributed by atoms with Crippen LogP contribution in [0.15, 0.2) is 60.7 Å². The van der Waals surface area contributed by atoms with Crippen molar-refractivity contribution in [1.82, 2.24) is 9.88 Å². The fourth-order valence-electron chi connectivity index (χ4n) is 4.30. The molecule has 4 aromatic rings. The molecule has 3 amide bonds. The summed E-state index contributed by atoms with van der Waals surface area (Å²) in [6.07, 6.45) is -7.70. The molecule has 0 aliphatic heterocycles. The van der Waals surface area contributed by atoms with Crippen molar-refractivity contribution in [2.24, 2.45) is 5.92 Å². The predicted molar refractivity (Wildman–Crippen MR) is 153 cm³/mol. The molecule has 0 aliphatic carbocycles. The second-order valence-electron chi connectivity index (χ2n) is 10.1. The van der Waals surface area contributed by atoms with Crippen LogP contribution in [0.4, 0.5) is 37.7 Å². The van der Waals surface area contributed by atoms with Gasteiger partial charge in [0.05, 0.1) is 28.4 Å². The van der Waals surface area contributed by atoms with Crippen molar-refractivity contribution >= 4 is 51.6 Å². The van der Waals surface area contributed by atoms with Crippen LogP contribution in [0.3, 0.4) is 0 Å².